The van der Waals surface area contributed by atoms with Crippen LogP contribution in [-0.2, 0) is 10.0 Å². The second kappa shape index (κ2) is 8.57. The van der Waals surface area contributed by atoms with E-state index in [1.807, 2.05) is 50.8 Å². The largest absolute Gasteiger partial charge is 0.354 e. The molecule has 1 fully saturated rings. The fourth-order valence-corrected chi connectivity index (χ4v) is 5.22. The van der Waals surface area contributed by atoms with Gasteiger partial charge in [-0.25, -0.2) is 4.79 Å². The highest BCUT2D eigenvalue weighted by molar-refractivity contribution is 8.00. The molecule has 0 aromatic heterocycles. The van der Waals surface area contributed by atoms with Crippen LogP contribution in [0.25, 0.3) is 4.91 Å². The number of carbonyl (C=O) groups excluding carboxylic acids is 1. The first-order valence-corrected chi connectivity index (χ1v) is 11.6. The third kappa shape index (κ3) is 4.47. The van der Waals surface area contributed by atoms with E-state index in [1.165, 1.54) is 0 Å². The van der Waals surface area contributed by atoms with Crippen LogP contribution in [0.1, 0.15) is 43.4 Å². The molecule has 0 saturated carbocycles. The van der Waals surface area contributed by atoms with E-state index in [0.29, 0.717) is 49.7 Å². The van der Waals surface area contributed by atoms with E-state index in [0.717, 1.165) is 24.0 Å². The Labute approximate surface area is 173 Å². The molecule has 3 rings (SSSR count). The predicted octanol–water partition coefficient (Wildman–Crippen LogP) is 2.90. The zero-order chi connectivity index (χ0) is 21.2. The lowest BCUT2D eigenvalue weighted by molar-refractivity contribution is 0.200. The van der Waals surface area contributed by atoms with Crippen LogP contribution >= 0.6 is 0 Å². The maximum absolute atomic E-state index is 12.9. The Hall–Kier alpha value is -2.35. The van der Waals surface area contributed by atoms with Gasteiger partial charge in [0.15, 0.2) is 0 Å². The van der Waals surface area contributed by atoms with Crippen LogP contribution in [0.15, 0.2) is 28.2 Å². The number of hydrogen-bond acceptors (Lipinski definition) is 4. The van der Waals surface area contributed by atoms with Crippen molar-refractivity contribution >= 4 is 26.8 Å². The molecule has 0 bridgehead atoms. The molecule has 158 valence electrons. The Balaban J connectivity index is 1.83. The summed E-state index contributed by atoms with van der Waals surface area (Å²) >= 11 is 0. The summed E-state index contributed by atoms with van der Waals surface area (Å²) in [5.74, 6) is 0.508. The number of urea groups is 1. The van der Waals surface area contributed by atoms with Crippen molar-refractivity contribution in [1.82, 2.24) is 15.1 Å². The van der Waals surface area contributed by atoms with Crippen LogP contribution in [0.3, 0.4) is 0 Å². The van der Waals surface area contributed by atoms with Crippen LogP contribution in [0, 0.1) is 13.8 Å². The molecular formula is C21H30N4O3S. The number of sulfonamides is 1. The lowest BCUT2D eigenvalue weighted by Crippen LogP contribution is -2.42. The van der Waals surface area contributed by atoms with Crippen LogP contribution in [0.5, 0.6) is 0 Å². The molecule has 1 N–H and O–H groups in total. The number of carbonyl (C=O) groups is 1. The van der Waals surface area contributed by atoms with Gasteiger partial charge in [-0.15, -0.1) is 4.40 Å². The third-order valence-corrected chi connectivity index (χ3v) is 6.99. The molecule has 0 atom stereocenters. The Morgan fingerprint density at radius 3 is 2.55 bits per heavy atom. The van der Waals surface area contributed by atoms with Gasteiger partial charge in [-0.2, -0.15) is 8.42 Å². The molecule has 2 aliphatic heterocycles. The lowest BCUT2D eigenvalue weighted by Gasteiger charge is -2.24. The summed E-state index contributed by atoms with van der Waals surface area (Å²) in [5, 5.41) is 2.91. The fraction of sp³-hybridized carbons (Fsp3) is 0.524. The Morgan fingerprint density at radius 2 is 1.86 bits per heavy atom. The molecule has 2 heterocycles. The van der Waals surface area contributed by atoms with Crippen LogP contribution in [-0.4, -0.2) is 62.8 Å². The summed E-state index contributed by atoms with van der Waals surface area (Å²) in [4.78, 5) is 16.3. The van der Waals surface area contributed by atoms with Gasteiger partial charge in [-0.05, 0) is 50.3 Å². The van der Waals surface area contributed by atoms with E-state index in [1.54, 1.807) is 4.90 Å². The molecule has 0 radical (unpaired) electrons. The van der Waals surface area contributed by atoms with E-state index >= 15 is 0 Å². The normalized spacial score (nSPS) is 19.2. The number of aryl methyl sites for hydroxylation is 2. The number of amidine groups is 1. The second-order valence-electron chi connectivity index (χ2n) is 7.70. The number of benzene rings is 1. The van der Waals surface area contributed by atoms with Crippen molar-refractivity contribution in [2.75, 3.05) is 32.7 Å². The van der Waals surface area contributed by atoms with E-state index in [4.69, 9.17) is 0 Å². The van der Waals surface area contributed by atoms with Crippen molar-refractivity contribution in [2.45, 2.75) is 40.5 Å². The molecule has 7 nitrogen and oxygen atoms in total. The van der Waals surface area contributed by atoms with E-state index in [9.17, 15) is 13.2 Å². The fourth-order valence-electron chi connectivity index (χ4n) is 3.74. The first-order chi connectivity index (χ1) is 13.7. The molecule has 8 heteroatoms. The molecule has 0 unspecified atom stereocenters. The van der Waals surface area contributed by atoms with Gasteiger partial charge in [-0.1, -0.05) is 25.1 Å². The SMILES string of the molecule is CCCNC(=O)N1CCCN(C2=NS(=O)(=O)C(c3ccc(C)c(C)c3)=C2C)CC1. The molecule has 1 saturated heterocycles. The van der Waals surface area contributed by atoms with Crippen LogP contribution < -0.4 is 5.32 Å². The molecule has 2 amide bonds. The third-order valence-electron chi connectivity index (χ3n) is 5.52. The van der Waals surface area contributed by atoms with Crippen molar-refractivity contribution in [3.05, 3.63) is 40.5 Å². The van der Waals surface area contributed by atoms with Gasteiger partial charge in [0.2, 0.25) is 0 Å². The first kappa shape index (κ1) is 21.4. The molecule has 1 aromatic rings. The van der Waals surface area contributed by atoms with E-state index < -0.39 is 10.0 Å². The monoisotopic (exact) mass is 418 g/mol. The van der Waals surface area contributed by atoms with E-state index in [2.05, 4.69) is 9.71 Å². The summed E-state index contributed by atoms with van der Waals surface area (Å²) in [5.41, 5.74) is 3.53. The maximum atomic E-state index is 12.9. The minimum absolute atomic E-state index is 0.0576. The average Bonchev–Trinajstić information content (AvgIpc) is 2.83. The second-order valence-corrected chi connectivity index (χ2v) is 9.24. The van der Waals surface area contributed by atoms with Crippen molar-refractivity contribution in [2.24, 2.45) is 4.40 Å². The molecule has 0 spiro atoms. The van der Waals surface area contributed by atoms with Gasteiger partial charge in [0.1, 0.15) is 10.7 Å². The van der Waals surface area contributed by atoms with Crippen LogP contribution in [0.4, 0.5) is 4.79 Å². The van der Waals surface area contributed by atoms with Gasteiger partial charge in [0.05, 0.1) is 0 Å². The first-order valence-electron chi connectivity index (χ1n) is 10.2. The number of nitrogens with one attached hydrogen (secondary N) is 1. The summed E-state index contributed by atoms with van der Waals surface area (Å²) in [6.07, 6.45) is 1.66. The standard InChI is InChI=1S/C21H30N4O3S/c1-5-9-22-21(26)25-11-6-10-24(12-13-25)20-17(4)19(29(27,28)23-20)18-8-7-15(2)16(3)14-18/h7-8,14H,5-6,9-13H2,1-4H3,(H,22,26). The zero-order valence-electron chi connectivity index (χ0n) is 17.7. The Kier molecular flexibility index (Phi) is 6.31. The highest BCUT2D eigenvalue weighted by Gasteiger charge is 2.34. The van der Waals surface area contributed by atoms with Gasteiger partial charge >= 0.3 is 6.03 Å². The van der Waals surface area contributed by atoms with Crippen LogP contribution in [0.2, 0.25) is 0 Å². The van der Waals surface area contributed by atoms with Gasteiger partial charge in [0.25, 0.3) is 10.0 Å². The minimum Gasteiger partial charge on any atom is -0.354 e. The molecule has 29 heavy (non-hydrogen) atoms. The zero-order valence-corrected chi connectivity index (χ0v) is 18.5. The summed E-state index contributed by atoms with van der Waals surface area (Å²) in [6, 6.07) is 5.64. The van der Waals surface area contributed by atoms with Gasteiger partial charge in [0, 0.05) is 38.3 Å². The van der Waals surface area contributed by atoms with E-state index in [-0.39, 0.29) is 10.9 Å². The average molecular weight is 419 g/mol. The quantitative estimate of drug-likeness (QED) is 0.818. The number of hydrogen-bond donors (Lipinski definition) is 1. The van der Waals surface area contributed by atoms with Crippen molar-refractivity contribution in [3.8, 4) is 0 Å². The molecule has 2 aliphatic rings. The number of rotatable bonds is 3. The molecule has 0 aliphatic carbocycles. The predicted molar refractivity (Wildman–Crippen MR) is 116 cm³/mol. The number of nitrogens with zero attached hydrogens (tertiary/aromatic N) is 3. The number of amides is 2. The van der Waals surface area contributed by atoms with Gasteiger partial charge < -0.3 is 15.1 Å². The highest BCUT2D eigenvalue weighted by atomic mass is 32.2. The Bertz CT molecular complexity index is 966. The van der Waals surface area contributed by atoms with Crippen molar-refractivity contribution in [1.29, 1.82) is 0 Å². The van der Waals surface area contributed by atoms with Crippen molar-refractivity contribution < 1.29 is 13.2 Å². The summed E-state index contributed by atoms with van der Waals surface area (Å²) < 4.78 is 29.8. The smallest absolute Gasteiger partial charge is 0.317 e. The minimum atomic E-state index is -3.74. The highest BCUT2D eigenvalue weighted by Crippen LogP contribution is 2.34. The Morgan fingerprint density at radius 1 is 1.10 bits per heavy atom. The molecule has 1 aromatic carbocycles. The molecular weight excluding hydrogens is 388 g/mol. The van der Waals surface area contributed by atoms with Gasteiger partial charge in [-0.3, -0.25) is 0 Å². The summed E-state index contributed by atoms with van der Waals surface area (Å²) in [6.45, 7) is 10.9. The lowest BCUT2D eigenvalue weighted by atomic mass is 10.0. The van der Waals surface area contributed by atoms with Crippen molar-refractivity contribution in [3.63, 3.8) is 0 Å². The topological polar surface area (TPSA) is 82.1 Å². The summed E-state index contributed by atoms with van der Waals surface area (Å²) in [7, 11) is -3.74. The maximum Gasteiger partial charge on any atom is 0.317 e.